The zero-order valence-electron chi connectivity index (χ0n) is 13.0. The number of hydrogen-bond acceptors (Lipinski definition) is 4. The second kappa shape index (κ2) is 6.03. The van der Waals surface area contributed by atoms with Gasteiger partial charge in [-0.1, -0.05) is 0 Å². The van der Waals surface area contributed by atoms with Crippen LogP contribution in [0.5, 0.6) is 0 Å². The average Bonchev–Trinajstić information content (AvgIpc) is 3.04. The molecule has 2 atom stereocenters. The fraction of sp³-hybridized carbons (Fsp3) is 0.800. The smallest absolute Gasteiger partial charge is 0.410 e. The van der Waals surface area contributed by atoms with Crippen LogP contribution < -0.4 is 0 Å². The molecule has 2 unspecified atom stereocenters. The van der Waals surface area contributed by atoms with Crippen LogP contribution in [0.15, 0.2) is 0 Å². The Morgan fingerprint density at radius 1 is 1.10 bits per heavy atom. The first-order chi connectivity index (χ1) is 9.83. The predicted molar refractivity (Wildman–Crippen MR) is 76.8 cm³/mol. The molecule has 6 heteroatoms. The molecule has 0 saturated carbocycles. The van der Waals surface area contributed by atoms with Crippen LogP contribution in [0.25, 0.3) is 0 Å². The van der Waals surface area contributed by atoms with Gasteiger partial charge < -0.3 is 14.4 Å². The number of likely N-dealkylation sites (tertiary alicyclic amines) is 2. The first kappa shape index (κ1) is 15.8. The summed E-state index contributed by atoms with van der Waals surface area (Å²) in [6, 6.07) is -0.820. The van der Waals surface area contributed by atoms with Gasteiger partial charge in [-0.15, -0.1) is 0 Å². The molecule has 2 aliphatic heterocycles. The minimum absolute atomic E-state index is 0.118. The summed E-state index contributed by atoms with van der Waals surface area (Å²) in [4.78, 5) is 39.0. The van der Waals surface area contributed by atoms with Crippen molar-refractivity contribution in [3.05, 3.63) is 0 Å². The summed E-state index contributed by atoms with van der Waals surface area (Å²) in [7, 11) is 0. The molecule has 0 spiro atoms. The van der Waals surface area contributed by atoms with Crippen molar-refractivity contribution in [2.24, 2.45) is 0 Å². The largest absolute Gasteiger partial charge is 0.444 e. The molecule has 2 fully saturated rings. The zero-order valence-corrected chi connectivity index (χ0v) is 13.0. The molecule has 0 radical (unpaired) electrons. The molecule has 0 aromatic carbocycles. The van der Waals surface area contributed by atoms with Crippen molar-refractivity contribution in [1.29, 1.82) is 0 Å². The number of rotatable bonds is 2. The monoisotopic (exact) mass is 296 g/mol. The maximum absolute atomic E-state index is 12.6. The van der Waals surface area contributed by atoms with Crippen LogP contribution in [0.2, 0.25) is 0 Å². The zero-order chi connectivity index (χ0) is 15.6. The highest BCUT2D eigenvalue weighted by Gasteiger charge is 2.41. The van der Waals surface area contributed by atoms with Crippen molar-refractivity contribution in [3.63, 3.8) is 0 Å². The molecule has 0 aromatic heterocycles. The van der Waals surface area contributed by atoms with E-state index in [9.17, 15) is 14.4 Å². The van der Waals surface area contributed by atoms with Gasteiger partial charge in [0.15, 0.2) is 0 Å². The number of carbonyl (C=O) groups excluding carboxylic acids is 3. The Balaban J connectivity index is 2.06. The van der Waals surface area contributed by atoms with E-state index in [1.807, 2.05) is 0 Å². The third-order valence-corrected chi connectivity index (χ3v) is 3.91. The van der Waals surface area contributed by atoms with Gasteiger partial charge in [-0.2, -0.15) is 0 Å². The van der Waals surface area contributed by atoms with E-state index in [1.165, 1.54) is 4.90 Å². The SMILES string of the molecule is CC(C)(C)OC(=O)N1CCCC1C(=O)N1CCCC1C=O. The Bertz CT molecular complexity index is 430. The van der Waals surface area contributed by atoms with E-state index in [0.29, 0.717) is 25.9 Å². The molecule has 118 valence electrons. The molecule has 6 nitrogen and oxygen atoms in total. The highest BCUT2D eigenvalue weighted by Crippen LogP contribution is 2.25. The summed E-state index contributed by atoms with van der Waals surface area (Å²) in [5.41, 5.74) is -0.577. The van der Waals surface area contributed by atoms with Crippen LogP contribution in [-0.4, -0.2) is 58.9 Å². The Hall–Kier alpha value is -1.59. The Kier molecular flexibility index (Phi) is 4.54. The molecule has 2 saturated heterocycles. The first-order valence-electron chi connectivity index (χ1n) is 7.59. The third kappa shape index (κ3) is 3.54. The molecular weight excluding hydrogens is 272 g/mol. The molecular formula is C15H24N2O4. The highest BCUT2D eigenvalue weighted by molar-refractivity contribution is 5.88. The average molecular weight is 296 g/mol. The van der Waals surface area contributed by atoms with Crippen LogP contribution in [-0.2, 0) is 14.3 Å². The lowest BCUT2D eigenvalue weighted by Crippen LogP contribution is -2.50. The summed E-state index contributed by atoms with van der Waals surface area (Å²) < 4.78 is 5.36. The fourth-order valence-corrected chi connectivity index (χ4v) is 2.96. The van der Waals surface area contributed by atoms with Crippen molar-refractivity contribution >= 4 is 18.3 Å². The van der Waals surface area contributed by atoms with E-state index in [2.05, 4.69) is 0 Å². The van der Waals surface area contributed by atoms with Crippen LogP contribution in [0, 0.1) is 0 Å². The van der Waals surface area contributed by atoms with Gasteiger partial charge in [0.2, 0.25) is 5.91 Å². The summed E-state index contributed by atoms with van der Waals surface area (Å²) in [5, 5.41) is 0. The quantitative estimate of drug-likeness (QED) is 0.726. The number of nitrogens with zero attached hydrogens (tertiary/aromatic N) is 2. The summed E-state index contributed by atoms with van der Waals surface area (Å²) in [6.45, 7) is 6.55. The van der Waals surface area contributed by atoms with Gasteiger partial charge in [0.1, 0.15) is 17.9 Å². The number of hydrogen-bond donors (Lipinski definition) is 0. The molecule has 0 bridgehead atoms. The Morgan fingerprint density at radius 2 is 1.71 bits per heavy atom. The lowest BCUT2D eigenvalue weighted by Gasteiger charge is -2.31. The van der Waals surface area contributed by atoms with E-state index in [-0.39, 0.29) is 11.9 Å². The summed E-state index contributed by atoms with van der Waals surface area (Å²) in [6.07, 6.45) is 3.37. The lowest BCUT2D eigenvalue weighted by atomic mass is 10.1. The maximum atomic E-state index is 12.6. The molecule has 21 heavy (non-hydrogen) atoms. The molecule has 2 aliphatic rings. The van der Waals surface area contributed by atoms with Crippen molar-refractivity contribution in [3.8, 4) is 0 Å². The molecule has 0 aromatic rings. The van der Waals surface area contributed by atoms with Gasteiger partial charge in [0, 0.05) is 13.1 Å². The standard InChI is InChI=1S/C15H24N2O4/c1-15(2,3)21-14(20)17-9-5-7-12(17)13(19)16-8-4-6-11(16)10-18/h10-12H,4-9H2,1-3H3. The van der Waals surface area contributed by atoms with E-state index >= 15 is 0 Å². The molecule has 0 N–H and O–H groups in total. The van der Waals surface area contributed by atoms with Gasteiger partial charge in [-0.25, -0.2) is 4.79 Å². The number of carbonyl (C=O) groups is 3. The Morgan fingerprint density at radius 3 is 2.33 bits per heavy atom. The van der Waals surface area contributed by atoms with Crippen LogP contribution in [0.3, 0.4) is 0 Å². The molecule has 2 heterocycles. The van der Waals surface area contributed by atoms with Crippen molar-refractivity contribution in [2.75, 3.05) is 13.1 Å². The molecule has 0 aliphatic carbocycles. The third-order valence-electron chi connectivity index (χ3n) is 3.91. The minimum Gasteiger partial charge on any atom is -0.444 e. The van der Waals surface area contributed by atoms with Crippen molar-refractivity contribution in [2.45, 2.75) is 64.1 Å². The van der Waals surface area contributed by atoms with Crippen molar-refractivity contribution < 1.29 is 19.1 Å². The van der Waals surface area contributed by atoms with Gasteiger partial charge in [-0.3, -0.25) is 9.69 Å². The van der Waals surface area contributed by atoms with E-state index < -0.39 is 17.7 Å². The van der Waals surface area contributed by atoms with Crippen LogP contribution in [0.1, 0.15) is 46.5 Å². The number of amides is 2. The van der Waals surface area contributed by atoms with Gasteiger partial charge in [-0.05, 0) is 46.5 Å². The van der Waals surface area contributed by atoms with Crippen LogP contribution in [0.4, 0.5) is 4.79 Å². The highest BCUT2D eigenvalue weighted by atomic mass is 16.6. The normalized spacial score (nSPS) is 26.0. The predicted octanol–water partition coefficient (Wildman–Crippen LogP) is 1.58. The van der Waals surface area contributed by atoms with E-state index in [4.69, 9.17) is 4.74 Å². The van der Waals surface area contributed by atoms with Crippen molar-refractivity contribution in [1.82, 2.24) is 9.80 Å². The second-order valence-electron chi connectivity index (χ2n) is 6.71. The molecule has 2 rings (SSSR count). The summed E-state index contributed by atoms with van der Waals surface area (Å²) >= 11 is 0. The van der Waals surface area contributed by atoms with Gasteiger partial charge in [0.05, 0.1) is 6.04 Å². The number of aldehydes is 1. The topological polar surface area (TPSA) is 66.9 Å². The van der Waals surface area contributed by atoms with Crippen LogP contribution >= 0.6 is 0 Å². The minimum atomic E-state index is -0.577. The summed E-state index contributed by atoms with van der Waals surface area (Å²) in [5.74, 6) is -0.118. The van der Waals surface area contributed by atoms with E-state index in [1.54, 1.807) is 25.7 Å². The maximum Gasteiger partial charge on any atom is 0.410 e. The van der Waals surface area contributed by atoms with Gasteiger partial charge >= 0.3 is 6.09 Å². The molecule has 2 amide bonds. The first-order valence-corrected chi connectivity index (χ1v) is 7.59. The Labute approximate surface area is 125 Å². The van der Waals surface area contributed by atoms with Gasteiger partial charge in [0.25, 0.3) is 0 Å². The lowest BCUT2D eigenvalue weighted by molar-refractivity contribution is -0.138. The van der Waals surface area contributed by atoms with E-state index in [0.717, 1.165) is 19.1 Å². The fourth-order valence-electron chi connectivity index (χ4n) is 2.96. The number of ether oxygens (including phenoxy) is 1. The second-order valence-corrected chi connectivity index (χ2v) is 6.71.